The maximum atomic E-state index is 5.89. The molecule has 1 aromatic heterocycles. The van der Waals surface area contributed by atoms with Crippen LogP contribution in [-0.4, -0.2) is 18.7 Å². The molecule has 0 aliphatic rings. The summed E-state index contributed by atoms with van der Waals surface area (Å²) in [6, 6.07) is 9.52. The van der Waals surface area contributed by atoms with Gasteiger partial charge in [-0.25, -0.2) is 4.98 Å². The van der Waals surface area contributed by atoms with Crippen molar-refractivity contribution in [3.8, 4) is 11.6 Å². The lowest BCUT2D eigenvalue weighted by atomic mass is 10.2. The number of nitrogen functional groups attached to an aromatic ring is 1. The van der Waals surface area contributed by atoms with Gasteiger partial charge in [-0.05, 0) is 24.1 Å². The van der Waals surface area contributed by atoms with E-state index in [0.717, 1.165) is 23.4 Å². The molecule has 0 aliphatic carbocycles. The molecule has 21 heavy (non-hydrogen) atoms. The van der Waals surface area contributed by atoms with E-state index in [9.17, 15) is 0 Å². The molecule has 0 aliphatic heterocycles. The maximum absolute atomic E-state index is 5.89. The fraction of sp³-hybridized carbons (Fsp3) is 0.312. The number of nitrogens with zero attached hydrogens (tertiary/aromatic N) is 1. The molecule has 5 heteroatoms. The number of anilines is 2. The minimum Gasteiger partial charge on any atom is -0.491 e. The number of pyridine rings is 1. The highest BCUT2D eigenvalue weighted by atomic mass is 16.5. The second-order valence-electron chi connectivity index (χ2n) is 4.66. The van der Waals surface area contributed by atoms with E-state index in [-0.39, 0.29) is 0 Å². The molecule has 112 valence electrons. The molecule has 0 atom stereocenters. The van der Waals surface area contributed by atoms with Crippen LogP contribution in [-0.2, 0) is 6.54 Å². The minimum absolute atomic E-state index is 0.612. The van der Waals surface area contributed by atoms with Gasteiger partial charge >= 0.3 is 0 Å². The van der Waals surface area contributed by atoms with Crippen molar-refractivity contribution in [2.45, 2.75) is 19.9 Å². The molecule has 2 aromatic rings. The number of aromatic nitrogens is 1. The van der Waals surface area contributed by atoms with E-state index >= 15 is 0 Å². The van der Waals surface area contributed by atoms with Crippen molar-refractivity contribution < 1.29 is 9.47 Å². The highest BCUT2D eigenvalue weighted by Crippen LogP contribution is 2.26. The monoisotopic (exact) mass is 287 g/mol. The average Bonchev–Trinajstić information content (AvgIpc) is 2.53. The van der Waals surface area contributed by atoms with Gasteiger partial charge in [0.1, 0.15) is 5.75 Å². The van der Waals surface area contributed by atoms with E-state index in [1.807, 2.05) is 30.3 Å². The topological polar surface area (TPSA) is 69.4 Å². The van der Waals surface area contributed by atoms with E-state index in [2.05, 4.69) is 17.2 Å². The van der Waals surface area contributed by atoms with E-state index in [1.54, 1.807) is 13.3 Å². The summed E-state index contributed by atoms with van der Waals surface area (Å²) >= 11 is 0. The van der Waals surface area contributed by atoms with Crippen LogP contribution in [0.3, 0.4) is 0 Å². The van der Waals surface area contributed by atoms with Crippen LogP contribution >= 0.6 is 0 Å². The predicted molar refractivity (Wildman–Crippen MR) is 84.8 cm³/mol. The van der Waals surface area contributed by atoms with Crippen LogP contribution in [0.15, 0.2) is 36.5 Å². The van der Waals surface area contributed by atoms with E-state index < -0.39 is 0 Å². The molecule has 1 heterocycles. The maximum Gasteiger partial charge on any atom is 0.212 e. The van der Waals surface area contributed by atoms with Crippen molar-refractivity contribution in [3.63, 3.8) is 0 Å². The van der Waals surface area contributed by atoms with Gasteiger partial charge in [-0.3, -0.25) is 0 Å². The number of ether oxygens (including phenoxy) is 2. The van der Waals surface area contributed by atoms with Gasteiger partial charge in [-0.1, -0.05) is 13.0 Å². The lowest BCUT2D eigenvalue weighted by Gasteiger charge is -2.11. The van der Waals surface area contributed by atoms with Crippen LogP contribution < -0.4 is 20.5 Å². The zero-order valence-corrected chi connectivity index (χ0v) is 12.4. The molecule has 2 rings (SSSR count). The fourth-order valence-electron chi connectivity index (χ4n) is 1.82. The van der Waals surface area contributed by atoms with Gasteiger partial charge in [-0.2, -0.15) is 0 Å². The molecule has 0 spiro atoms. The van der Waals surface area contributed by atoms with E-state index in [0.29, 0.717) is 24.7 Å². The summed E-state index contributed by atoms with van der Waals surface area (Å²) in [7, 11) is 1.60. The van der Waals surface area contributed by atoms with E-state index in [1.165, 1.54) is 0 Å². The third-order valence-electron chi connectivity index (χ3n) is 2.98. The van der Waals surface area contributed by atoms with Crippen LogP contribution in [0.4, 0.5) is 11.4 Å². The quantitative estimate of drug-likeness (QED) is 0.766. The van der Waals surface area contributed by atoms with Crippen molar-refractivity contribution in [2.24, 2.45) is 0 Å². The summed E-state index contributed by atoms with van der Waals surface area (Å²) in [5.41, 5.74) is 8.58. The second-order valence-corrected chi connectivity index (χ2v) is 4.66. The highest BCUT2D eigenvalue weighted by Gasteiger charge is 2.03. The Labute approximate surface area is 125 Å². The van der Waals surface area contributed by atoms with Crippen molar-refractivity contribution in [1.29, 1.82) is 0 Å². The molecule has 0 radical (unpaired) electrons. The van der Waals surface area contributed by atoms with Gasteiger partial charge < -0.3 is 20.5 Å². The van der Waals surface area contributed by atoms with Crippen molar-refractivity contribution in [1.82, 2.24) is 4.98 Å². The number of hydrogen-bond donors (Lipinski definition) is 2. The third-order valence-corrected chi connectivity index (χ3v) is 2.98. The molecule has 5 nitrogen and oxygen atoms in total. The van der Waals surface area contributed by atoms with E-state index in [4.69, 9.17) is 15.2 Å². The Kier molecular flexibility index (Phi) is 5.26. The van der Waals surface area contributed by atoms with Crippen molar-refractivity contribution in [2.75, 3.05) is 24.8 Å². The molecule has 0 fully saturated rings. The molecule has 3 N–H and O–H groups in total. The van der Waals surface area contributed by atoms with Gasteiger partial charge in [0.15, 0.2) is 0 Å². The summed E-state index contributed by atoms with van der Waals surface area (Å²) in [5, 5.41) is 3.33. The van der Waals surface area contributed by atoms with Crippen molar-refractivity contribution >= 4 is 11.4 Å². The lowest BCUT2D eigenvalue weighted by molar-refractivity contribution is 0.319. The number of nitrogens with two attached hydrogens (primary N) is 1. The summed E-state index contributed by atoms with van der Waals surface area (Å²) in [5.74, 6) is 1.33. The zero-order valence-electron chi connectivity index (χ0n) is 12.4. The molecular weight excluding hydrogens is 266 g/mol. The highest BCUT2D eigenvalue weighted by molar-refractivity contribution is 5.61. The minimum atomic E-state index is 0.612. The summed E-state index contributed by atoms with van der Waals surface area (Å²) in [6.07, 6.45) is 2.74. The normalized spacial score (nSPS) is 10.2. The fourth-order valence-corrected chi connectivity index (χ4v) is 1.82. The average molecular weight is 287 g/mol. The number of methoxy groups -OCH3 is 1. The standard InChI is InChI=1S/C16H21N3O2/c1-3-8-21-15-9-13(5-6-14(15)17)18-10-12-4-7-16(20-2)19-11-12/h4-7,9,11,18H,3,8,10,17H2,1-2H3. The molecule has 0 saturated heterocycles. The first-order valence-corrected chi connectivity index (χ1v) is 6.98. The summed E-state index contributed by atoms with van der Waals surface area (Å²) in [6.45, 7) is 3.40. The largest absolute Gasteiger partial charge is 0.491 e. The Bertz CT molecular complexity index is 570. The predicted octanol–water partition coefficient (Wildman–Crippen LogP) is 3.07. The Balaban J connectivity index is 1.98. The van der Waals surface area contributed by atoms with Gasteiger partial charge in [0, 0.05) is 30.6 Å². The Hall–Kier alpha value is -2.43. The van der Waals surface area contributed by atoms with Gasteiger partial charge in [0.2, 0.25) is 5.88 Å². The second kappa shape index (κ2) is 7.38. The lowest BCUT2D eigenvalue weighted by Crippen LogP contribution is -2.03. The van der Waals surface area contributed by atoms with Crippen LogP contribution in [0.2, 0.25) is 0 Å². The SMILES string of the molecule is CCCOc1cc(NCc2ccc(OC)nc2)ccc1N. The van der Waals surface area contributed by atoms with Gasteiger partial charge in [0.05, 0.1) is 19.4 Å². The molecule has 0 amide bonds. The molecular formula is C16H21N3O2. The van der Waals surface area contributed by atoms with Crippen LogP contribution in [0, 0.1) is 0 Å². The molecule has 0 saturated carbocycles. The molecule has 0 bridgehead atoms. The number of rotatable bonds is 7. The number of nitrogens with one attached hydrogen (secondary N) is 1. The molecule has 0 unspecified atom stereocenters. The zero-order chi connectivity index (χ0) is 15.1. The summed E-state index contributed by atoms with van der Waals surface area (Å²) < 4.78 is 10.7. The summed E-state index contributed by atoms with van der Waals surface area (Å²) in [4.78, 5) is 4.17. The third kappa shape index (κ3) is 4.27. The molecule has 1 aromatic carbocycles. The number of benzene rings is 1. The Morgan fingerprint density at radius 1 is 1.24 bits per heavy atom. The van der Waals surface area contributed by atoms with Gasteiger partial charge in [0.25, 0.3) is 0 Å². The Morgan fingerprint density at radius 2 is 2.10 bits per heavy atom. The first kappa shape index (κ1) is 15.0. The first-order valence-electron chi connectivity index (χ1n) is 6.98. The first-order chi connectivity index (χ1) is 10.2. The van der Waals surface area contributed by atoms with Gasteiger partial charge in [-0.15, -0.1) is 0 Å². The smallest absolute Gasteiger partial charge is 0.212 e. The van der Waals surface area contributed by atoms with Crippen molar-refractivity contribution in [3.05, 3.63) is 42.1 Å². The van der Waals surface area contributed by atoms with Crippen LogP contribution in [0.5, 0.6) is 11.6 Å². The van der Waals surface area contributed by atoms with Crippen LogP contribution in [0.1, 0.15) is 18.9 Å². The number of hydrogen-bond acceptors (Lipinski definition) is 5. The van der Waals surface area contributed by atoms with Crippen LogP contribution in [0.25, 0.3) is 0 Å². The Morgan fingerprint density at radius 3 is 2.76 bits per heavy atom.